The Morgan fingerprint density at radius 2 is 1.80 bits per heavy atom. The molecule has 0 radical (unpaired) electrons. The summed E-state index contributed by atoms with van der Waals surface area (Å²) in [6.07, 6.45) is 1.72. The monoisotopic (exact) mass is 558 g/mol. The first-order chi connectivity index (χ1) is 19.5. The summed E-state index contributed by atoms with van der Waals surface area (Å²) in [4.78, 5) is 40.8. The summed E-state index contributed by atoms with van der Waals surface area (Å²) in [6, 6.07) is 21.9. The fourth-order valence-corrected chi connectivity index (χ4v) is 5.74. The van der Waals surface area contributed by atoms with Gasteiger partial charge in [-0.2, -0.15) is 5.10 Å². The van der Waals surface area contributed by atoms with Crippen LogP contribution >= 0.6 is 11.8 Å². The van der Waals surface area contributed by atoms with Crippen LogP contribution in [0.3, 0.4) is 0 Å². The summed E-state index contributed by atoms with van der Waals surface area (Å²) < 4.78 is 5.33. The number of rotatable bonds is 9. The molecule has 0 spiro atoms. The molecule has 2 aliphatic rings. The Kier molecular flexibility index (Phi) is 8.78. The van der Waals surface area contributed by atoms with Crippen molar-refractivity contribution in [3.63, 3.8) is 0 Å². The predicted octanol–water partition coefficient (Wildman–Crippen LogP) is 4.23. The zero-order valence-electron chi connectivity index (χ0n) is 21.9. The third kappa shape index (κ3) is 6.35. The summed E-state index contributed by atoms with van der Waals surface area (Å²) in [5, 5.41) is 13.6. The highest BCUT2D eigenvalue weighted by Gasteiger charge is 2.32. The quantitative estimate of drug-likeness (QED) is 0.230. The Morgan fingerprint density at radius 3 is 2.50 bits per heavy atom. The molecule has 5 rings (SSSR count). The van der Waals surface area contributed by atoms with Crippen LogP contribution in [-0.2, 0) is 16.0 Å². The number of carbonyl (C=O) groups excluding carboxylic acids is 2. The van der Waals surface area contributed by atoms with Crippen molar-refractivity contribution in [3.8, 4) is 0 Å². The van der Waals surface area contributed by atoms with E-state index in [1.165, 1.54) is 0 Å². The molecule has 1 unspecified atom stereocenters. The van der Waals surface area contributed by atoms with Crippen LogP contribution < -0.4 is 10.3 Å². The van der Waals surface area contributed by atoms with Crippen LogP contribution in [0, 0.1) is 0 Å². The lowest BCUT2D eigenvalue weighted by molar-refractivity contribution is -0.109. The molecule has 1 atom stereocenters. The number of nitrogens with zero attached hydrogens (tertiary/aromatic N) is 3. The third-order valence-corrected chi connectivity index (χ3v) is 7.95. The maximum atomic E-state index is 12.7. The lowest BCUT2D eigenvalue weighted by atomic mass is 10.1. The molecule has 2 amide bonds. The topological polar surface area (TPSA) is 112 Å². The zero-order valence-corrected chi connectivity index (χ0v) is 22.7. The fourth-order valence-electron chi connectivity index (χ4n) is 4.80. The number of hydrazone groups is 1. The van der Waals surface area contributed by atoms with Crippen molar-refractivity contribution in [1.29, 1.82) is 0 Å². The highest BCUT2D eigenvalue weighted by atomic mass is 32.2. The van der Waals surface area contributed by atoms with Crippen LogP contribution in [0.2, 0.25) is 0 Å². The molecular formula is C30H30N4O5S. The van der Waals surface area contributed by atoms with Crippen LogP contribution in [0.5, 0.6) is 0 Å². The number of nitrogens with one attached hydrogen (secondary N) is 1. The highest BCUT2D eigenvalue weighted by molar-refractivity contribution is 7.99. The van der Waals surface area contributed by atoms with Crippen molar-refractivity contribution in [1.82, 2.24) is 10.3 Å². The molecule has 2 N–H and O–H groups in total. The van der Waals surface area contributed by atoms with E-state index in [4.69, 9.17) is 9.84 Å². The van der Waals surface area contributed by atoms with Gasteiger partial charge < -0.3 is 24.4 Å². The van der Waals surface area contributed by atoms with E-state index in [1.807, 2.05) is 59.5 Å². The van der Waals surface area contributed by atoms with E-state index >= 15 is 0 Å². The van der Waals surface area contributed by atoms with Crippen LogP contribution in [0.4, 0.5) is 10.5 Å². The molecule has 1 fully saturated rings. The molecule has 10 heteroatoms. The average Bonchev–Trinajstić information content (AvgIpc) is 3.35. The van der Waals surface area contributed by atoms with Gasteiger partial charge in [0.1, 0.15) is 12.3 Å². The number of hydrogen-bond donors (Lipinski definition) is 2. The number of morpholine rings is 1. The molecule has 0 bridgehead atoms. The van der Waals surface area contributed by atoms with Gasteiger partial charge in [-0.3, -0.25) is 0 Å². The second-order valence-corrected chi connectivity index (χ2v) is 10.6. The minimum absolute atomic E-state index is 0.273. The molecule has 0 aliphatic carbocycles. The average molecular weight is 559 g/mol. The minimum Gasteiger partial charge on any atom is -0.478 e. The van der Waals surface area contributed by atoms with Crippen molar-refractivity contribution in [2.24, 2.45) is 5.10 Å². The Bertz CT molecular complexity index is 1390. The first kappa shape index (κ1) is 27.4. The summed E-state index contributed by atoms with van der Waals surface area (Å²) >= 11 is 1.68. The fraction of sp³-hybridized carbons (Fsp3) is 0.267. The standard InChI is InChI=1S/C30H30N4O5S/c35-20-28(22-4-2-1-3-5-22)34-19-26(31-32-30(38)33-13-15-39-16-14-33)25-18-24(10-11-27(25)34)40-17-12-21-6-8-23(9-7-21)29(36)37/h1-11,18,20,28H,12-17,19H2,(H,32,38)(H,36,37). The molecule has 2 heterocycles. The van der Waals surface area contributed by atoms with Gasteiger partial charge in [-0.05, 0) is 47.9 Å². The van der Waals surface area contributed by atoms with E-state index in [2.05, 4.69) is 16.6 Å². The van der Waals surface area contributed by atoms with Gasteiger partial charge in [-0.25, -0.2) is 15.0 Å². The normalized spacial score (nSPS) is 16.4. The number of aryl methyl sites for hydroxylation is 1. The van der Waals surface area contributed by atoms with Gasteiger partial charge in [0.2, 0.25) is 0 Å². The van der Waals surface area contributed by atoms with E-state index in [1.54, 1.807) is 28.8 Å². The van der Waals surface area contributed by atoms with E-state index in [0.717, 1.165) is 45.7 Å². The molecule has 3 aromatic rings. The van der Waals surface area contributed by atoms with Gasteiger partial charge in [-0.15, -0.1) is 11.8 Å². The van der Waals surface area contributed by atoms with Gasteiger partial charge in [0.15, 0.2) is 0 Å². The Morgan fingerprint density at radius 1 is 1.05 bits per heavy atom. The molecule has 206 valence electrons. The van der Waals surface area contributed by atoms with Gasteiger partial charge in [-0.1, -0.05) is 42.5 Å². The number of hydrogen-bond acceptors (Lipinski definition) is 7. The summed E-state index contributed by atoms with van der Waals surface area (Å²) in [5.41, 5.74) is 7.37. The molecule has 2 aliphatic heterocycles. The van der Waals surface area contributed by atoms with Gasteiger partial charge in [0.25, 0.3) is 0 Å². The Labute approximate surface area is 236 Å². The van der Waals surface area contributed by atoms with E-state index in [0.29, 0.717) is 38.6 Å². The number of benzene rings is 3. The van der Waals surface area contributed by atoms with E-state index < -0.39 is 12.0 Å². The first-order valence-corrected chi connectivity index (χ1v) is 14.1. The van der Waals surface area contributed by atoms with Crippen LogP contribution in [0.25, 0.3) is 0 Å². The summed E-state index contributed by atoms with van der Waals surface area (Å²) in [7, 11) is 0. The van der Waals surface area contributed by atoms with E-state index in [-0.39, 0.29) is 11.6 Å². The summed E-state index contributed by atoms with van der Waals surface area (Å²) in [6.45, 7) is 2.41. The highest BCUT2D eigenvalue weighted by Crippen LogP contribution is 2.37. The zero-order chi connectivity index (χ0) is 27.9. The number of thioether (sulfide) groups is 1. The van der Waals surface area contributed by atoms with Crippen molar-refractivity contribution in [3.05, 3.63) is 95.1 Å². The van der Waals surface area contributed by atoms with Crippen molar-refractivity contribution in [2.75, 3.05) is 43.5 Å². The molecule has 9 nitrogen and oxygen atoms in total. The van der Waals surface area contributed by atoms with Crippen LogP contribution in [0.1, 0.15) is 33.1 Å². The number of carboxylic acid groups (broad SMARTS) is 1. The first-order valence-electron chi connectivity index (χ1n) is 13.1. The molecule has 40 heavy (non-hydrogen) atoms. The summed E-state index contributed by atoms with van der Waals surface area (Å²) in [5.74, 6) is -0.133. The largest absolute Gasteiger partial charge is 0.478 e. The molecular weight excluding hydrogens is 528 g/mol. The van der Waals surface area contributed by atoms with E-state index in [9.17, 15) is 14.4 Å². The number of ether oxygens (including phenoxy) is 1. The van der Waals surface area contributed by atoms with Crippen molar-refractivity contribution < 1.29 is 24.2 Å². The molecule has 3 aromatic carbocycles. The number of aldehydes is 1. The number of carbonyl (C=O) groups is 3. The Balaban J connectivity index is 1.35. The van der Waals surface area contributed by atoms with Gasteiger partial charge in [0.05, 0.1) is 31.0 Å². The smallest absolute Gasteiger partial charge is 0.337 e. The maximum Gasteiger partial charge on any atom is 0.337 e. The lowest BCUT2D eigenvalue weighted by Gasteiger charge is -2.26. The number of aromatic carboxylic acids is 1. The second-order valence-electron chi connectivity index (χ2n) is 9.47. The second kappa shape index (κ2) is 12.8. The number of carboxylic acids is 1. The predicted molar refractivity (Wildman–Crippen MR) is 154 cm³/mol. The van der Waals surface area contributed by atoms with Crippen molar-refractivity contribution in [2.45, 2.75) is 17.4 Å². The van der Waals surface area contributed by atoms with Gasteiger partial charge in [0, 0.05) is 35.0 Å². The lowest BCUT2D eigenvalue weighted by Crippen LogP contribution is -2.45. The van der Waals surface area contributed by atoms with Crippen molar-refractivity contribution >= 4 is 41.4 Å². The SMILES string of the molecule is O=CC(c1ccccc1)N1CC(=NNC(=O)N2CCOCC2)c2cc(SCCc3ccc(C(=O)O)cc3)ccc21. The number of fused-ring (bicyclic) bond motifs is 1. The minimum atomic E-state index is -0.934. The Hall–Kier alpha value is -4.15. The van der Waals surface area contributed by atoms with Crippen LogP contribution in [0.15, 0.2) is 82.8 Å². The number of anilines is 1. The number of urea groups is 1. The number of amides is 2. The molecule has 0 aromatic heterocycles. The maximum absolute atomic E-state index is 12.7. The molecule has 1 saturated heterocycles. The third-order valence-electron chi connectivity index (χ3n) is 6.96. The molecule has 0 saturated carbocycles. The van der Waals surface area contributed by atoms with Crippen LogP contribution in [-0.4, -0.2) is 72.6 Å². The van der Waals surface area contributed by atoms with Gasteiger partial charge >= 0.3 is 12.0 Å².